The predicted molar refractivity (Wildman–Crippen MR) is 166 cm³/mol. The largest absolute Gasteiger partial charge is 0.350 e. The first kappa shape index (κ1) is 33.0. The summed E-state index contributed by atoms with van der Waals surface area (Å²) in [6.07, 6.45) is 0.252. The third-order valence-corrected chi connectivity index (χ3v) is 9.22. The number of amides is 2. The Labute approximate surface area is 261 Å². The van der Waals surface area contributed by atoms with Crippen LogP contribution in [0.5, 0.6) is 0 Å². The molecule has 0 radical (unpaired) electrons. The van der Waals surface area contributed by atoms with Crippen LogP contribution in [0.25, 0.3) is 0 Å². The zero-order valence-electron chi connectivity index (χ0n) is 23.0. The van der Waals surface area contributed by atoms with Crippen molar-refractivity contribution in [3.8, 4) is 0 Å². The van der Waals surface area contributed by atoms with Gasteiger partial charge in [-0.15, -0.1) is 0 Å². The number of anilines is 1. The van der Waals surface area contributed by atoms with Gasteiger partial charge in [-0.25, -0.2) is 8.42 Å². The maximum Gasteiger partial charge on any atom is 0.264 e. The highest BCUT2D eigenvalue weighted by Gasteiger charge is 2.35. The number of hydrogen-bond acceptors (Lipinski definition) is 4. The van der Waals surface area contributed by atoms with Gasteiger partial charge in [-0.2, -0.15) is 0 Å². The first-order valence-corrected chi connectivity index (χ1v) is 15.7. The minimum absolute atomic E-state index is 0.0213. The third-order valence-electron chi connectivity index (χ3n) is 6.05. The normalized spacial score (nSPS) is 12.5. The van der Waals surface area contributed by atoms with E-state index in [1.54, 1.807) is 43.3 Å². The van der Waals surface area contributed by atoms with Crippen LogP contribution in [0.1, 0.15) is 39.7 Å². The standard InChI is InChI=1S/C29H31Cl4N3O4S/c1-5-24(28(38)34-29(2,3)4)35(17-19-14-15-20(30)16-23(19)32)26(37)18-36(25-13-9-12-22(31)27(25)33)41(39,40)21-10-7-6-8-11-21/h6-16,24H,5,17-18H2,1-4H3,(H,34,38)/t24-/m1/s1. The van der Waals surface area contributed by atoms with Gasteiger partial charge in [-0.1, -0.05) is 83.7 Å². The van der Waals surface area contributed by atoms with Crippen molar-refractivity contribution in [2.75, 3.05) is 10.8 Å². The number of nitrogens with one attached hydrogen (secondary N) is 1. The van der Waals surface area contributed by atoms with Crippen molar-refractivity contribution >= 4 is 73.9 Å². The zero-order chi connectivity index (χ0) is 30.5. The second-order valence-corrected chi connectivity index (χ2v) is 13.8. The summed E-state index contributed by atoms with van der Waals surface area (Å²) in [4.78, 5) is 28.8. The molecule has 0 fully saturated rings. The van der Waals surface area contributed by atoms with Crippen LogP contribution >= 0.6 is 46.4 Å². The van der Waals surface area contributed by atoms with Crippen LogP contribution < -0.4 is 9.62 Å². The van der Waals surface area contributed by atoms with Crippen LogP contribution in [-0.2, 0) is 26.2 Å². The monoisotopic (exact) mass is 657 g/mol. The lowest BCUT2D eigenvalue weighted by Gasteiger charge is -2.35. The van der Waals surface area contributed by atoms with E-state index >= 15 is 0 Å². The molecule has 0 aromatic heterocycles. The molecule has 7 nitrogen and oxygen atoms in total. The molecule has 0 spiro atoms. The molecule has 0 saturated carbocycles. The van der Waals surface area contributed by atoms with Gasteiger partial charge in [-0.05, 0) is 69.2 Å². The Morgan fingerprint density at radius 2 is 1.56 bits per heavy atom. The molecule has 1 N–H and O–H groups in total. The lowest BCUT2D eigenvalue weighted by molar-refractivity contribution is -0.141. The molecular formula is C29H31Cl4N3O4S. The molecule has 0 bridgehead atoms. The van der Waals surface area contributed by atoms with Crippen molar-refractivity contribution in [1.82, 2.24) is 10.2 Å². The summed E-state index contributed by atoms with van der Waals surface area (Å²) in [6, 6.07) is 16.1. The molecule has 0 aliphatic rings. The van der Waals surface area contributed by atoms with E-state index in [9.17, 15) is 18.0 Å². The van der Waals surface area contributed by atoms with E-state index in [1.807, 2.05) is 20.8 Å². The van der Waals surface area contributed by atoms with Crippen LogP contribution in [0.3, 0.4) is 0 Å². The Morgan fingerprint density at radius 1 is 0.902 bits per heavy atom. The number of hydrogen-bond donors (Lipinski definition) is 1. The molecule has 0 aliphatic heterocycles. The number of benzene rings is 3. The van der Waals surface area contributed by atoms with E-state index < -0.39 is 40.0 Å². The van der Waals surface area contributed by atoms with Crippen molar-refractivity contribution < 1.29 is 18.0 Å². The second kappa shape index (κ2) is 13.7. The number of rotatable bonds is 10. The highest BCUT2D eigenvalue weighted by Crippen LogP contribution is 2.36. The molecule has 2 amide bonds. The second-order valence-electron chi connectivity index (χ2n) is 10.3. The summed E-state index contributed by atoms with van der Waals surface area (Å²) in [6.45, 7) is 6.51. The molecule has 220 valence electrons. The van der Waals surface area contributed by atoms with E-state index in [2.05, 4.69) is 5.32 Å². The van der Waals surface area contributed by atoms with Gasteiger partial charge in [0.05, 0.1) is 20.6 Å². The van der Waals surface area contributed by atoms with Crippen molar-refractivity contribution in [2.24, 2.45) is 0 Å². The molecule has 0 aliphatic carbocycles. The van der Waals surface area contributed by atoms with E-state index in [4.69, 9.17) is 46.4 Å². The van der Waals surface area contributed by atoms with Crippen LogP contribution in [0.2, 0.25) is 20.1 Å². The van der Waals surface area contributed by atoms with Gasteiger partial charge in [-0.3, -0.25) is 13.9 Å². The smallest absolute Gasteiger partial charge is 0.264 e. The fourth-order valence-electron chi connectivity index (χ4n) is 4.12. The predicted octanol–water partition coefficient (Wildman–Crippen LogP) is 7.22. The Hall–Kier alpha value is -2.49. The first-order chi connectivity index (χ1) is 19.2. The highest BCUT2D eigenvalue weighted by atomic mass is 35.5. The first-order valence-electron chi connectivity index (χ1n) is 12.7. The molecule has 0 heterocycles. The van der Waals surface area contributed by atoms with E-state index in [0.29, 0.717) is 15.6 Å². The van der Waals surface area contributed by atoms with E-state index in [-0.39, 0.29) is 33.6 Å². The number of carbonyl (C=O) groups is 2. The molecular weight excluding hydrogens is 628 g/mol. The van der Waals surface area contributed by atoms with Gasteiger partial charge in [0, 0.05) is 22.1 Å². The fraction of sp³-hybridized carbons (Fsp3) is 0.310. The summed E-state index contributed by atoms with van der Waals surface area (Å²) in [5.74, 6) is -1.04. The molecule has 3 aromatic carbocycles. The average Bonchev–Trinajstić information content (AvgIpc) is 2.89. The fourth-order valence-corrected chi connectivity index (χ4v) is 6.49. The lowest BCUT2D eigenvalue weighted by atomic mass is 10.1. The van der Waals surface area contributed by atoms with Gasteiger partial charge in [0.1, 0.15) is 12.6 Å². The van der Waals surface area contributed by atoms with Crippen molar-refractivity contribution in [2.45, 2.75) is 57.1 Å². The van der Waals surface area contributed by atoms with Gasteiger partial charge >= 0.3 is 0 Å². The molecule has 0 unspecified atom stereocenters. The van der Waals surface area contributed by atoms with Gasteiger partial charge in [0.15, 0.2) is 0 Å². The third kappa shape index (κ3) is 8.30. The molecule has 1 atom stereocenters. The molecule has 3 rings (SSSR count). The van der Waals surface area contributed by atoms with E-state index in [0.717, 1.165) is 4.31 Å². The summed E-state index contributed by atoms with van der Waals surface area (Å²) >= 11 is 25.2. The minimum atomic E-state index is -4.29. The molecule has 12 heteroatoms. The van der Waals surface area contributed by atoms with Crippen molar-refractivity contribution in [3.63, 3.8) is 0 Å². The lowest BCUT2D eigenvalue weighted by Crippen LogP contribution is -2.55. The minimum Gasteiger partial charge on any atom is -0.350 e. The topological polar surface area (TPSA) is 86.8 Å². The summed E-state index contributed by atoms with van der Waals surface area (Å²) in [7, 11) is -4.29. The van der Waals surface area contributed by atoms with Crippen LogP contribution in [0.4, 0.5) is 5.69 Å². The zero-order valence-corrected chi connectivity index (χ0v) is 26.8. The number of halogens is 4. The Morgan fingerprint density at radius 3 is 2.15 bits per heavy atom. The maximum absolute atomic E-state index is 14.1. The van der Waals surface area contributed by atoms with Crippen LogP contribution in [-0.4, -0.2) is 43.3 Å². The van der Waals surface area contributed by atoms with Gasteiger partial charge < -0.3 is 10.2 Å². The van der Waals surface area contributed by atoms with E-state index in [1.165, 1.54) is 35.2 Å². The Bertz CT molecular complexity index is 1510. The van der Waals surface area contributed by atoms with Crippen LogP contribution in [0, 0.1) is 0 Å². The number of sulfonamides is 1. The molecule has 3 aromatic rings. The SMILES string of the molecule is CC[C@H](C(=O)NC(C)(C)C)N(Cc1ccc(Cl)cc1Cl)C(=O)CN(c1cccc(Cl)c1Cl)S(=O)(=O)c1ccccc1. The van der Waals surface area contributed by atoms with Crippen LogP contribution in [0.15, 0.2) is 71.6 Å². The molecule has 41 heavy (non-hydrogen) atoms. The Kier molecular flexibility index (Phi) is 11.0. The summed E-state index contributed by atoms with van der Waals surface area (Å²) in [5, 5.41) is 3.70. The summed E-state index contributed by atoms with van der Waals surface area (Å²) < 4.78 is 28.7. The summed E-state index contributed by atoms with van der Waals surface area (Å²) in [5.41, 5.74) is -0.0218. The maximum atomic E-state index is 14.1. The van der Waals surface area contributed by atoms with Gasteiger partial charge in [0.2, 0.25) is 11.8 Å². The van der Waals surface area contributed by atoms with Crippen molar-refractivity contribution in [1.29, 1.82) is 0 Å². The van der Waals surface area contributed by atoms with Gasteiger partial charge in [0.25, 0.3) is 10.0 Å². The Balaban J connectivity index is 2.13. The molecule has 0 saturated heterocycles. The van der Waals surface area contributed by atoms with Crippen molar-refractivity contribution in [3.05, 3.63) is 92.4 Å². The number of nitrogens with zero attached hydrogens (tertiary/aromatic N) is 2. The quantitative estimate of drug-likeness (QED) is 0.249. The average molecular weight is 659 g/mol. The number of carbonyl (C=O) groups excluding carboxylic acids is 2. The highest BCUT2D eigenvalue weighted by molar-refractivity contribution is 7.92.